The van der Waals surface area contributed by atoms with Crippen molar-refractivity contribution in [1.82, 2.24) is 0 Å². The van der Waals surface area contributed by atoms with Crippen LogP contribution in [-0.4, -0.2) is 51.1 Å². The molecule has 2 aromatic rings. The Bertz CT molecular complexity index is 1580. The van der Waals surface area contributed by atoms with Crippen molar-refractivity contribution >= 4 is 34.2 Å². The third-order valence-electron chi connectivity index (χ3n) is 11.3. The van der Waals surface area contributed by atoms with E-state index in [2.05, 4.69) is 13.0 Å². The fraction of sp³-hybridized carbons (Fsp3) is 0.514. The summed E-state index contributed by atoms with van der Waals surface area (Å²) in [6.45, 7) is 5.71. The maximum atomic E-state index is 14.0. The number of carbonyl (C=O) groups is 2. The number of furan rings is 1. The molecular formula is C35H41FN2O6S. The number of aliphatic imine (C=N–C) groups is 1. The van der Waals surface area contributed by atoms with Gasteiger partial charge in [0.1, 0.15) is 17.1 Å². The Balaban J connectivity index is 1.35. The third-order valence-corrected chi connectivity index (χ3v) is 12.2. The zero-order chi connectivity index (χ0) is 32.1. The number of carbonyl (C=O) groups excluding carboxylic acids is 2. The SMILES string of the molecule is Cc1occc1C(=O)O[C@]1(C(=O)SCCO)CCC2[C@@H]3CCC4=CC(=Nc5ccc(F)cc5)C(=CN)C[C@]4(C)C3C(O)C[C@@]21C. The average molecular weight is 637 g/mol. The summed E-state index contributed by atoms with van der Waals surface area (Å²) in [4.78, 5) is 32.3. The molecule has 4 N–H and O–H groups in total. The number of hydrogen-bond donors (Lipinski definition) is 3. The first-order valence-corrected chi connectivity index (χ1v) is 16.7. The second-order valence-corrected chi connectivity index (χ2v) is 14.5. The lowest BCUT2D eigenvalue weighted by atomic mass is 9.45. The number of allylic oxidation sites excluding steroid dienone is 3. The molecule has 3 saturated carbocycles. The number of ether oxygens (including phenoxy) is 1. The summed E-state index contributed by atoms with van der Waals surface area (Å²) in [6.07, 6.45) is 7.87. The number of benzene rings is 1. The second-order valence-electron chi connectivity index (χ2n) is 13.5. The summed E-state index contributed by atoms with van der Waals surface area (Å²) >= 11 is 0.988. The van der Waals surface area contributed by atoms with E-state index >= 15 is 0 Å². The van der Waals surface area contributed by atoms with Gasteiger partial charge in [0.15, 0.2) is 5.60 Å². The number of aliphatic hydroxyl groups is 2. The molecule has 3 unspecified atom stereocenters. The van der Waals surface area contributed by atoms with Gasteiger partial charge in [0, 0.05) is 11.2 Å². The predicted molar refractivity (Wildman–Crippen MR) is 170 cm³/mol. The number of thioether (sulfide) groups is 1. The predicted octanol–water partition coefficient (Wildman–Crippen LogP) is 6.03. The van der Waals surface area contributed by atoms with Crippen LogP contribution in [0.25, 0.3) is 0 Å². The van der Waals surface area contributed by atoms with Gasteiger partial charge in [-0.05, 0) is 117 Å². The molecule has 4 aliphatic rings. The number of fused-ring (bicyclic) bond motifs is 5. The zero-order valence-electron chi connectivity index (χ0n) is 25.9. The lowest BCUT2D eigenvalue weighted by molar-refractivity contribution is -0.174. The van der Waals surface area contributed by atoms with Crippen LogP contribution in [0.4, 0.5) is 10.1 Å². The molecule has 0 aliphatic heterocycles. The van der Waals surface area contributed by atoms with Crippen molar-refractivity contribution in [3.63, 3.8) is 0 Å². The van der Waals surface area contributed by atoms with Gasteiger partial charge in [-0.1, -0.05) is 31.2 Å². The van der Waals surface area contributed by atoms with Crippen molar-refractivity contribution in [3.8, 4) is 0 Å². The minimum absolute atomic E-state index is 0.0285. The highest BCUT2D eigenvalue weighted by Crippen LogP contribution is 2.69. The van der Waals surface area contributed by atoms with E-state index in [1.165, 1.54) is 24.0 Å². The largest absolute Gasteiger partial charge is 0.469 e. The number of hydrogen-bond acceptors (Lipinski definition) is 9. The van der Waals surface area contributed by atoms with Crippen LogP contribution in [-0.2, 0) is 9.53 Å². The van der Waals surface area contributed by atoms with Gasteiger partial charge in [0.2, 0.25) is 5.12 Å². The van der Waals surface area contributed by atoms with Crippen molar-refractivity contribution < 1.29 is 33.3 Å². The number of halogens is 1. The number of aryl methyl sites for hydroxylation is 1. The lowest BCUT2D eigenvalue weighted by Gasteiger charge is -2.60. The molecule has 7 atom stereocenters. The van der Waals surface area contributed by atoms with Crippen molar-refractivity contribution in [2.45, 2.75) is 71.0 Å². The van der Waals surface area contributed by atoms with Gasteiger partial charge in [-0.3, -0.25) is 4.79 Å². The molecule has 0 spiro atoms. The van der Waals surface area contributed by atoms with Crippen LogP contribution in [0.1, 0.15) is 68.5 Å². The summed E-state index contributed by atoms with van der Waals surface area (Å²) in [5.74, 6) is -0.312. The van der Waals surface area contributed by atoms with E-state index in [0.717, 1.165) is 35.9 Å². The monoisotopic (exact) mass is 636 g/mol. The second kappa shape index (κ2) is 11.9. The molecule has 0 saturated heterocycles. The Hall–Kier alpha value is -3.21. The minimum Gasteiger partial charge on any atom is -0.469 e. The first-order chi connectivity index (χ1) is 21.5. The van der Waals surface area contributed by atoms with Gasteiger partial charge < -0.3 is 25.1 Å². The van der Waals surface area contributed by atoms with Crippen LogP contribution in [0.5, 0.6) is 0 Å². The van der Waals surface area contributed by atoms with Crippen LogP contribution in [0, 0.1) is 41.3 Å². The Labute approximate surface area is 267 Å². The number of esters is 1. The third kappa shape index (κ3) is 5.09. The van der Waals surface area contributed by atoms with Crippen LogP contribution in [0.2, 0.25) is 0 Å². The maximum absolute atomic E-state index is 14.0. The van der Waals surface area contributed by atoms with Crippen molar-refractivity contribution in [1.29, 1.82) is 0 Å². The highest BCUT2D eigenvalue weighted by molar-refractivity contribution is 8.13. The fourth-order valence-corrected chi connectivity index (χ4v) is 10.1. The Morgan fingerprint density at radius 2 is 1.98 bits per heavy atom. The normalized spacial score (nSPS) is 35.8. The molecule has 10 heteroatoms. The van der Waals surface area contributed by atoms with E-state index in [0.29, 0.717) is 37.1 Å². The van der Waals surface area contributed by atoms with E-state index in [4.69, 9.17) is 19.9 Å². The first-order valence-electron chi connectivity index (χ1n) is 15.7. The molecule has 45 heavy (non-hydrogen) atoms. The van der Waals surface area contributed by atoms with Crippen LogP contribution >= 0.6 is 11.8 Å². The summed E-state index contributed by atoms with van der Waals surface area (Å²) < 4.78 is 25.1. The smallest absolute Gasteiger partial charge is 0.342 e. The van der Waals surface area contributed by atoms with Gasteiger partial charge in [0.25, 0.3) is 0 Å². The fourth-order valence-electron chi connectivity index (χ4n) is 9.19. The first kappa shape index (κ1) is 31.8. The highest BCUT2D eigenvalue weighted by Gasteiger charge is 2.70. The molecule has 1 aromatic heterocycles. The van der Waals surface area contributed by atoms with E-state index in [9.17, 15) is 24.2 Å². The number of nitrogens with two attached hydrogens (primary N) is 1. The molecule has 0 bridgehead atoms. The Kier molecular flexibility index (Phi) is 8.37. The summed E-state index contributed by atoms with van der Waals surface area (Å²) in [5, 5.41) is 21.3. The molecule has 0 amide bonds. The number of nitrogens with zero attached hydrogens (tertiary/aromatic N) is 1. The minimum atomic E-state index is -1.45. The van der Waals surface area contributed by atoms with Gasteiger partial charge in [0.05, 0.1) is 30.4 Å². The lowest BCUT2D eigenvalue weighted by Crippen LogP contribution is -2.62. The van der Waals surface area contributed by atoms with Gasteiger partial charge in [-0.25, -0.2) is 14.2 Å². The van der Waals surface area contributed by atoms with Gasteiger partial charge in [-0.2, -0.15) is 0 Å². The van der Waals surface area contributed by atoms with Crippen LogP contribution in [0.3, 0.4) is 0 Å². The van der Waals surface area contributed by atoms with Crippen molar-refractivity contribution in [2.24, 2.45) is 39.3 Å². The molecule has 4 aliphatic carbocycles. The number of rotatable bonds is 6. The summed E-state index contributed by atoms with van der Waals surface area (Å²) in [7, 11) is 0. The quantitative estimate of drug-likeness (QED) is 0.327. The number of aliphatic hydroxyl groups excluding tert-OH is 2. The van der Waals surface area contributed by atoms with E-state index in [-0.39, 0.29) is 52.0 Å². The van der Waals surface area contributed by atoms with Crippen molar-refractivity contribution in [2.75, 3.05) is 12.4 Å². The summed E-state index contributed by atoms with van der Waals surface area (Å²) in [5.41, 5.74) is 7.25. The van der Waals surface area contributed by atoms with Crippen LogP contribution in [0.15, 0.2) is 69.4 Å². The van der Waals surface area contributed by atoms with Crippen LogP contribution < -0.4 is 5.73 Å². The molecule has 1 heterocycles. The molecular weight excluding hydrogens is 595 g/mol. The molecule has 240 valence electrons. The van der Waals surface area contributed by atoms with E-state index < -0.39 is 23.1 Å². The topological polar surface area (TPSA) is 135 Å². The van der Waals surface area contributed by atoms with Gasteiger partial charge >= 0.3 is 5.97 Å². The Morgan fingerprint density at radius 3 is 2.64 bits per heavy atom. The van der Waals surface area contributed by atoms with E-state index in [1.807, 2.05) is 6.92 Å². The maximum Gasteiger partial charge on any atom is 0.342 e. The molecule has 8 nitrogen and oxygen atoms in total. The van der Waals surface area contributed by atoms with Gasteiger partial charge in [-0.15, -0.1) is 0 Å². The molecule has 3 fully saturated rings. The standard InChI is InChI=1S/C35H41FN2O6S/c1-20-25(11-14-43-20)31(41)44-35(32(42)45-15-13-39)12-10-27-26-9-4-22-16-28(38-24-7-5-23(36)6-8-24)21(19-37)17-33(22,2)30(26)29(40)18-34(27,35)3/h5-8,11,14,16,19,26-27,29-30,39-40H,4,9-10,12-13,15,17-18,37H2,1-3H3/t26-,27?,29?,30?,33-,34-,35-/m0/s1. The van der Waals surface area contributed by atoms with E-state index in [1.54, 1.807) is 31.3 Å². The highest BCUT2D eigenvalue weighted by atomic mass is 32.2. The zero-order valence-corrected chi connectivity index (χ0v) is 26.7. The summed E-state index contributed by atoms with van der Waals surface area (Å²) in [6, 6.07) is 7.59. The average Bonchev–Trinajstić information content (AvgIpc) is 3.57. The molecule has 1 aromatic carbocycles. The van der Waals surface area contributed by atoms with Crippen molar-refractivity contribution in [3.05, 3.63) is 77.2 Å². The Morgan fingerprint density at radius 1 is 1.22 bits per heavy atom. The molecule has 6 rings (SSSR count). The molecule has 0 radical (unpaired) electrons.